The molecule has 4 rings (SSSR count). The van der Waals surface area contributed by atoms with Gasteiger partial charge in [-0.15, -0.1) is 0 Å². The predicted octanol–water partition coefficient (Wildman–Crippen LogP) is 3.23. The normalized spacial score (nSPS) is 14.7. The van der Waals surface area contributed by atoms with E-state index < -0.39 is 34.7 Å². The molecule has 1 aliphatic rings. The minimum atomic E-state index is -4.77. The van der Waals surface area contributed by atoms with Gasteiger partial charge in [0.1, 0.15) is 16.9 Å². The number of pyridine rings is 1. The molecule has 1 aromatic carbocycles. The number of nitrogens with zero attached hydrogens (tertiary/aromatic N) is 3. The van der Waals surface area contributed by atoms with Crippen molar-refractivity contribution < 1.29 is 27.2 Å². The summed E-state index contributed by atoms with van der Waals surface area (Å²) in [5.41, 5.74) is -0.804. The summed E-state index contributed by atoms with van der Waals surface area (Å²) in [5.74, 6) is -1.57. The molecule has 0 atom stereocenters. The van der Waals surface area contributed by atoms with Crippen LogP contribution in [0.5, 0.6) is 0 Å². The second kappa shape index (κ2) is 9.55. The Morgan fingerprint density at radius 1 is 1.31 bits per heavy atom. The third-order valence-corrected chi connectivity index (χ3v) is 5.59. The molecule has 8 nitrogen and oxygen atoms in total. The van der Waals surface area contributed by atoms with E-state index >= 15 is 4.39 Å². The molecule has 0 fully saturated rings. The van der Waals surface area contributed by atoms with Gasteiger partial charge in [-0.05, 0) is 29.7 Å². The summed E-state index contributed by atoms with van der Waals surface area (Å²) < 4.78 is 55.4. The van der Waals surface area contributed by atoms with Gasteiger partial charge in [0.05, 0.1) is 24.2 Å². The van der Waals surface area contributed by atoms with Crippen molar-refractivity contribution in [3.8, 4) is 0 Å². The Kier molecular flexibility index (Phi) is 6.68. The van der Waals surface area contributed by atoms with Gasteiger partial charge >= 0.3 is 6.18 Å². The molecule has 0 unspecified atom stereocenters. The summed E-state index contributed by atoms with van der Waals surface area (Å²) in [6, 6.07) is 4.01. The highest BCUT2D eigenvalue weighted by Crippen LogP contribution is 2.33. The molecule has 1 aliphatic heterocycles. The molecule has 35 heavy (non-hydrogen) atoms. The molecule has 184 valence electrons. The number of rotatable bonds is 5. The molecule has 0 bridgehead atoms. The summed E-state index contributed by atoms with van der Waals surface area (Å²) in [6.45, 7) is 1.89. The number of benzene rings is 1. The van der Waals surface area contributed by atoms with Crippen molar-refractivity contribution >= 4 is 22.5 Å². The lowest BCUT2D eigenvalue weighted by molar-refractivity contribution is -0.151. The van der Waals surface area contributed by atoms with Crippen molar-refractivity contribution in [3.05, 3.63) is 74.7 Å². The Hall–Kier alpha value is -3.64. The van der Waals surface area contributed by atoms with E-state index in [2.05, 4.69) is 20.3 Å². The quantitative estimate of drug-likeness (QED) is 0.532. The highest BCUT2D eigenvalue weighted by atomic mass is 19.4. The Bertz CT molecular complexity index is 1380. The lowest BCUT2D eigenvalue weighted by atomic mass is 10.0. The first-order valence-corrected chi connectivity index (χ1v) is 10.7. The largest absolute Gasteiger partial charge is 0.418 e. The third-order valence-electron chi connectivity index (χ3n) is 5.59. The molecular formula is C23H21F4N5O3. The van der Waals surface area contributed by atoms with Gasteiger partial charge in [0.25, 0.3) is 11.5 Å². The van der Waals surface area contributed by atoms with E-state index in [1.54, 1.807) is 25.1 Å². The zero-order valence-corrected chi connectivity index (χ0v) is 18.8. The van der Waals surface area contributed by atoms with Crippen LogP contribution in [-0.4, -0.2) is 46.1 Å². The van der Waals surface area contributed by atoms with Gasteiger partial charge in [0.2, 0.25) is 0 Å². The highest BCUT2D eigenvalue weighted by molar-refractivity contribution is 5.94. The molecule has 0 saturated carbocycles. The predicted molar refractivity (Wildman–Crippen MR) is 119 cm³/mol. The molecule has 3 heterocycles. The van der Waals surface area contributed by atoms with E-state index in [4.69, 9.17) is 4.84 Å². The molecule has 2 aromatic heterocycles. The molecular weight excluding hydrogens is 470 g/mol. The number of hydrogen-bond donors (Lipinski definition) is 2. The Labute approximate surface area is 196 Å². The lowest BCUT2D eigenvalue weighted by Crippen LogP contribution is -2.29. The van der Waals surface area contributed by atoms with Crippen molar-refractivity contribution in [1.29, 1.82) is 0 Å². The highest BCUT2D eigenvalue weighted by Gasteiger charge is 2.36. The molecule has 1 amide bonds. The van der Waals surface area contributed by atoms with Crippen molar-refractivity contribution in [3.63, 3.8) is 0 Å². The molecule has 0 spiro atoms. The first-order valence-electron chi connectivity index (χ1n) is 10.7. The fourth-order valence-electron chi connectivity index (χ4n) is 3.71. The maximum Gasteiger partial charge on any atom is 0.418 e. The first kappa shape index (κ1) is 24.5. The summed E-state index contributed by atoms with van der Waals surface area (Å²) in [4.78, 5) is 39.8. The fourth-order valence-corrected chi connectivity index (χ4v) is 3.71. The number of halogens is 4. The van der Waals surface area contributed by atoms with Crippen LogP contribution in [0.4, 0.5) is 17.6 Å². The maximum atomic E-state index is 15.0. The number of nitrogens with one attached hydrogen (secondary N) is 2. The summed E-state index contributed by atoms with van der Waals surface area (Å²) in [7, 11) is 1.22. The monoisotopic (exact) mass is 491 g/mol. The van der Waals surface area contributed by atoms with Gasteiger partial charge < -0.3 is 10.3 Å². The van der Waals surface area contributed by atoms with Crippen LogP contribution >= 0.6 is 0 Å². The van der Waals surface area contributed by atoms with Crippen LogP contribution in [0.1, 0.15) is 39.8 Å². The lowest BCUT2D eigenvalue weighted by Gasteiger charge is -2.26. The number of fused-ring (bicyclic) bond motifs is 1. The number of aryl methyl sites for hydroxylation is 1. The minimum Gasteiger partial charge on any atom is -0.354 e. The van der Waals surface area contributed by atoms with Crippen molar-refractivity contribution in [1.82, 2.24) is 25.3 Å². The summed E-state index contributed by atoms with van der Waals surface area (Å²) in [5, 5.41) is 3.59. The van der Waals surface area contributed by atoms with Crippen molar-refractivity contribution in [2.24, 2.45) is 0 Å². The molecule has 0 radical (unpaired) electrons. The van der Waals surface area contributed by atoms with Gasteiger partial charge in [0, 0.05) is 25.4 Å². The van der Waals surface area contributed by atoms with Gasteiger partial charge in [-0.3, -0.25) is 14.4 Å². The topological polar surface area (TPSA) is 100 Å². The third kappa shape index (κ3) is 4.93. The zero-order valence-electron chi connectivity index (χ0n) is 18.8. The van der Waals surface area contributed by atoms with Crippen molar-refractivity contribution in [2.45, 2.75) is 26.1 Å². The van der Waals surface area contributed by atoms with Crippen LogP contribution in [0.2, 0.25) is 0 Å². The minimum absolute atomic E-state index is 0.0000917. The summed E-state index contributed by atoms with van der Waals surface area (Å²) in [6.07, 6.45) is -1.52. The summed E-state index contributed by atoms with van der Waals surface area (Å²) >= 11 is 0. The standard InChI is InChI=1S/C23H21F4N5O3/c1-3-16-21(33)31-20-17(30-16)5-4-12(18(20)24)10-32-7-6-13(11-35-32)14-8-15(23(25,26)27)19(29-9-14)22(34)28-2/h4-6,8-9H,3,7,10-11H2,1-2H3,(H,28,34)(H,31,33). The van der Waals surface area contributed by atoms with E-state index in [0.29, 0.717) is 23.2 Å². The van der Waals surface area contributed by atoms with Gasteiger partial charge in [-0.25, -0.2) is 14.4 Å². The van der Waals surface area contributed by atoms with E-state index in [0.717, 1.165) is 6.07 Å². The Morgan fingerprint density at radius 3 is 2.71 bits per heavy atom. The zero-order chi connectivity index (χ0) is 25.3. The van der Waals surface area contributed by atoms with E-state index in [-0.39, 0.29) is 36.3 Å². The van der Waals surface area contributed by atoms with Crippen molar-refractivity contribution in [2.75, 3.05) is 20.2 Å². The van der Waals surface area contributed by atoms with E-state index in [9.17, 15) is 22.8 Å². The van der Waals surface area contributed by atoms with Crippen LogP contribution in [0.25, 0.3) is 16.6 Å². The molecule has 12 heteroatoms. The van der Waals surface area contributed by atoms with Gasteiger partial charge in [-0.1, -0.05) is 19.1 Å². The second-order valence-electron chi connectivity index (χ2n) is 7.82. The number of carbonyl (C=O) groups is 1. The number of aromatic amines is 1. The van der Waals surface area contributed by atoms with Gasteiger partial charge in [0.15, 0.2) is 5.82 Å². The van der Waals surface area contributed by atoms with Crippen LogP contribution < -0.4 is 10.9 Å². The number of amides is 1. The number of aromatic nitrogens is 3. The number of hydroxylamine groups is 2. The number of hydrogen-bond acceptors (Lipinski definition) is 6. The fraction of sp³-hybridized carbons (Fsp3) is 0.304. The average Bonchev–Trinajstić information content (AvgIpc) is 2.85. The number of H-pyrrole nitrogens is 1. The SMILES string of the molecule is CCc1nc2ccc(CN3CC=C(c4cnc(C(=O)NC)c(C(F)(F)F)c4)CO3)c(F)c2[nH]c1=O. The Morgan fingerprint density at radius 2 is 2.09 bits per heavy atom. The van der Waals surface area contributed by atoms with E-state index in [1.165, 1.54) is 18.3 Å². The van der Waals surface area contributed by atoms with Crippen LogP contribution in [0, 0.1) is 5.82 Å². The molecule has 2 N–H and O–H groups in total. The second-order valence-corrected chi connectivity index (χ2v) is 7.82. The number of alkyl halides is 3. The number of carbonyl (C=O) groups excluding carboxylic acids is 1. The molecule has 0 aliphatic carbocycles. The molecule has 3 aromatic rings. The van der Waals surface area contributed by atoms with Gasteiger partial charge in [-0.2, -0.15) is 18.2 Å². The van der Waals surface area contributed by atoms with E-state index in [1.807, 2.05) is 0 Å². The van der Waals surface area contributed by atoms with Crippen LogP contribution in [0.15, 0.2) is 35.3 Å². The average molecular weight is 491 g/mol. The van der Waals surface area contributed by atoms with Crippen LogP contribution in [-0.2, 0) is 24.0 Å². The smallest absolute Gasteiger partial charge is 0.354 e. The first-order chi connectivity index (χ1) is 16.6. The molecule has 0 saturated heterocycles. The van der Waals surface area contributed by atoms with Crippen LogP contribution in [0.3, 0.4) is 0 Å². The maximum absolute atomic E-state index is 15.0. The Balaban J connectivity index is 1.55.